The molecule has 0 unspecified atom stereocenters. The topological polar surface area (TPSA) is 81.7 Å². The first-order valence-electron chi connectivity index (χ1n) is 9.23. The summed E-state index contributed by atoms with van der Waals surface area (Å²) >= 11 is 0. The van der Waals surface area contributed by atoms with Gasteiger partial charge in [0, 0.05) is 23.2 Å². The maximum atomic E-state index is 13.0. The first-order valence-corrected chi connectivity index (χ1v) is 9.23. The van der Waals surface area contributed by atoms with Crippen molar-refractivity contribution in [3.63, 3.8) is 0 Å². The second kappa shape index (κ2) is 7.87. The maximum absolute atomic E-state index is 13.0. The third-order valence-electron chi connectivity index (χ3n) is 4.76. The average Bonchev–Trinajstić information content (AvgIpc) is 2.72. The molecule has 0 saturated heterocycles. The van der Waals surface area contributed by atoms with E-state index in [1.54, 1.807) is 47.9 Å². The predicted molar refractivity (Wildman–Crippen MR) is 109 cm³/mol. The van der Waals surface area contributed by atoms with E-state index in [0.717, 1.165) is 5.56 Å². The number of rotatable bonds is 5. The van der Waals surface area contributed by atoms with Crippen LogP contribution in [0.2, 0.25) is 0 Å². The number of aromatic nitrogens is 1. The van der Waals surface area contributed by atoms with Gasteiger partial charge in [-0.1, -0.05) is 12.1 Å². The fourth-order valence-corrected chi connectivity index (χ4v) is 3.10. The number of hydrogen-bond donors (Lipinski definition) is 1. The first-order chi connectivity index (χ1) is 14.4. The zero-order valence-electron chi connectivity index (χ0n) is 16.1. The van der Waals surface area contributed by atoms with Crippen LogP contribution < -0.4 is 15.8 Å². The Bertz CT molecular complexity index is 1340. The van der Waals surface area contributed by atoms with Crippen molar-refractivity contribution in [1.29, 1.82) is 0 Å². The lowest BCUT2D eigenvalue weighted by atomic mass is 10.1. The lowest BCUT2D eigenvalue weighted by Gasteiger charge is -2.11. The van der Waals surface area contributed by atoms with E-state index >= 15 is 0 Å². The fraction of sp³-hybridized carbons (Fsp3) is 0.130. The van der Waals surface area contributed by atoms with Crippen molar-refractivity contribution in [2.75, 3.05) is 0 Å². The number of halogens is 1. The van der Waals surface area contributed by atoms with Crippen molar-refractivity contribution in [2.45, 2.75) is 20.1 Å². The molecule has 0 spiro atoms. The highest BCUT2D eigenvalue weighted by Crippen LogP contribution is 2.22. The molecule has 2 aromatic heterocycles. The van der Waals surface area contributed by atoms with Gasteiger partial charge in [-0.05, 0) is 42.8 Å². The molecule has 0 bridgehead atoms. The van der Waals surface area contributed by atoms with Crippen molar-refractivity contribution < 1.29 is 18.7 Å². The molecule has 0 fully saturated rings. The molecule has 6 nitrogen and oxygen atoms in total. The van der Waals surface area contributed by atoms with Crippen LogP contribution in [0.5, 0.6) is 11.5 Å². The second-order valence-electron chi connectivity index (χ2n) is 6.97. The molecule has 7 heteroatoms. The molecule has 0 aliphatic carbocycles. The van der Waals surface area contributed by atoms with Crippen molar-refractivity contribution >= 4 is 11.0 Å². The minimum atomic E-state index is -0.518. The van der Waals surface area contributed by atoms with Crippen LogP contribution in [0.15, 0.2) is 74.8 Å². The summed E-state index contributed by atoms with van der Waals surface area (Å²) in [7, 11) is 0. The highest BCUT2D eigenvalue weighted by Gasteiger charge is 2.10. The van der Waals surface area contributed by atoms with E-state index < -0.39 is 11.1 Å². The Hall–Kier alpha value is -3.87. The summed E-state index contributed by atoms with van der Waals surface area (Å²) in [5, 5.41) is 10.4. The van der Waals surface area contributed by atoms with Gasteiger partial charge < -0.3 is 18.8 Å². The number of benzene rings is 2. The Morgan fingerprint density at radius 1 is 1.07 bits per heavy atom. The number of hydrogen-bond acceptors (Lipinski definition) is 5. The van der Waals surface area contributed by atoms with Crippen LogP contribution in [0.25, 0.3) is 11.0 Å². The average molecular weight is 407 g/mol. The lowest BCUT2D eigenvalue weighted by molar-refractivity contribution is 0.306. The predicted octanol–water partition coefficient (Wildman–Crippen LogP) is 3.74. The van der Waals surface area contributed by atoms with E-state index in [1.165, 1.54) is 24.4 Å². The minimum Gasteiger partial charge on any atom is -0.503 e. The van der Waals surface area contributed by atoms with E-state index in [2.05, 4.69) is 0 Å². The first kappa shape index (κ1) is 19.4. The molecular formula is C23H18FNO5. The van der Waals surface area contributed by atoms with Gasteiger partial charge in [0.25, 0.3) is 0 Å². The van der Waals surface area contributed by atoms with Crippen LogP contribution >= 0.6 is 0 Å². The fourth-order valence-electron chi connectivity index (χ4n) is 3.10. The van der Waals surface area contributed by atoms with Crippen LogP contribution in [0.1, 0.15) is 16.8 Å². The summed E-state index contributed by atoms with van der Waals surface area (Å²) in [5.74, 6) is -0.174. The van der Waals surface area contributed by atoms with Crippen LogP contribution in [-0.4, -0.2) is 9.67 Å². The Morgan fingerprint density at radius 3 is 2.60 bits per heavy atom. The van der Waals surface area contributed by atoms with Gasteiger partial charge in [0.15, 0.2) is 5.75 Å². The van der Waals surface area contributed by atoms with Crippen LogP contribution in [0, 0.1) is 12.7 Å². The second-order valence-corrected chi connectivity index (χ2v) is 6.97. The van der Waals surface area contributed by atoms with E-state index in [-0.39, 0.29) is 24.7 Å². The van der Waals surface area contributed by atoms with Crippen LogP contribution in [-0.2, 0) is 13.2 Å². The molecule has 4 aromatic rings. The SMILES string of the molecule is Cc1cc(=O)c(O)cn1Cc1cc2ccc(OCc3ccc(F)cc3)cc2oc1=O. The van der Waals surface area contributed by atoms with Gasteiger partial charge in [-0.2, -0.15) is 0 Å². The number of aryl methyl sites for hydroxylation is 1. The normalized spacial score (nSPS) is 11.0. The third-order valence-corrected chi connectivity index (χ3v) is 4.76. The van der Waals surface area contributed by atoms with Crippen molar-refractivity contribution in [3.05, 3.63) is 104 Å². The summed E-state index contributed by atoms with van der Waals surface area (Å²) < 4.78 is 25.7. The Labute approximate surface area is 170 Å². The van der Waals surface area contributed by atoms with Gasteiger partial charge in [0.05, 0.1) is 18.3 Å². The molecule has 152 valence electrons. The molecule has 0 atom stereocenters. The van der Waals surface area contributed by atoms with Crippen molar-refractivity contribution in [3.8, 4) is 11.5 Å². The molecule has 2 aromatic carbocycles. The molecule has 0 aliphatic heterocycles. The third kappa shape index (κ3) is 4.10. The van der Waals surface area contributed by atoms with Gasteiger partial charge >= 0.3 is 5.63 Å². The summed E-state index contributed by atoms with van der Waals surface area (Å²) in [6.45, 7) is 2.12. The largest absolute Gasteiger partial charge is 0.503 e. The van der Waals surface area contributed by atoms with E-state index in [1.807, 2.05) is 0 Å². The molecule has 1 N–H and O–H groups in total. The zero-order chi connectivity index (χ0) is 21.3. The minimum absolute atomic E-state index is 0.154. The van der Waals surface area contributed by atoms with Crippen LogP contribution in [0.3, 0.4) is 0 Å². The Kier molecular flexibility index (Phi) is 5.10. The molecule has 2 heterocycles. The molecule has 30 heavy (non-hydrogen) atoms. The molecule has 0 radical (unpaired) electrons. The standard InChI is InChI=1S/C23H18FNO5/c1-14-8-20(26)21(27)12-25(14)11-17-9-16-4-7-19(10-22(16)30-23(17)28)29-13-15-2-5-18(24)6-3-15/h2-10,12,27H,11,13H2,1H3. The molecule has 0 saturated carbocycles. The Morgan fingerprint density at radius 2 is 1.83 bits per heavy atom. The van der Waals surface area contributed by atoms with Gasteiger partial charge in [-0.25, -0.2) is 9.18 Å². The maximum Gasteiger partial charge on any atom is 0.341 e. The molecule has 0 aliphatic rings. The van der Waals surface area contributed by atoms with E-state index in [0.29, 0.717) is 28.0 Å². The number of fused-ring (bicyclic) bond motifs is 1. The van der Waals surface area contributed by atoms with Crippen molar-refractivity contribution in [1.82, 2.24) is 4.57 Å². The summed E-state index contributed by atoms with van der Waals surface area (Å²) in [5.41, 5.74) is 1.20. The molecule has 0 amide bonds. The summed E-state index contributed by atoms with van der Waals surface area (Å²) in [6, 6.07) is 14.2. The van der Waals surface area contributed by atoms with Gasteiger partial charge in [0.2, 0.25) is 5.43 Å². The zero-order valence-corrected chi connectivity index (χ0v) is 16.1. The summed E-state index contributed by atoms with van der Waals surface area (Å²) in [4.78, 5) is 23.9. The summed E-state index contributed by atoms with van der Waals surface area (Å²) in [6.07, 6.45) is 1.30. The molecule has 4 rings (SSSR count). The highest BCUT2D eigenvalue weighted by atomic mass is 19.1. The van der Waals surface area contributed by atoms with E-state index in [4.69, 9.17) is 9.15 Å². The Balaban J connectivity index is 1.58. The van der Waals surface area contributed by atoms with E-state index in [9.17, 15) is 19.1 Å². The van der Waals surface area contributed by atoms with Crippen LogP contribution in [0.4, 0.5) is 4.39 Å². The number of pyridine rings is 1. The number of aromatic hydroxyl groups is 1. The van der Waals surface area contributed by atoms with Crippen molar-refractivity contribution in [2.24, 2.45) is 0 Å². The van der Waals surface area contributed by atoms with Gasteiger partial charge in [-0.3, -0.25) is 4.79 Å². The number of nitrogens with zero attached hydrogens (tertiary/aromatic N) is 1. The lowest BCUT2D eigenvalue weighted by Crippen LogP contribution is -2.15. The quantitative estimate of drug-likeness (QED) is 0.510. The monoisotopic (exact) mass is 407 g/mol. The number of ether oxygens (including phenoxy) is 1. The smallest absolute Gasteiger partial charge is 0.341 e. The van der Waals surface area contributed by atoms with Gasteiger partial charge in [-0.15, -0.1) is 0 Å². The van der Waals surface area contributed by atoms with Gasteiger partial charge in [0.1, 0.15) is 23.8 Å². The molecular weight excluding hydrogens is 389 g/mol. The highest BCUT2D eigenvalue weighted by molar-refractivity contribution is 5.78.